The number of nitrogens with one attached hydrogen (secondary N) is 1. The molecule has 4 nitrogen and oxygen atoms in total. The van der Waals surface area contributed by atoms with Crippen molar-refractivity contribution in [2.45, 2.75) is 38.6 Å². The van der Waals surface area contributed by atoms with Gasteiger partial charge in [-0.3, -0.25) is 9.59 Å². The van der Waals surface area contributed by atoms with Crippen LogP contribution < -0.4 is 5.32 Å². The summed E-state index contributed by atoms with van der Waals surface area (Å²) in [4.78, 5) is 25.7. The highest BCUT2D eigenvalue weighted by Crippen LogP contribution is 2.22. The van der Waals surface area contributed by atoms with E-state index in [0.717, 1.165) is 24.8 Å². The van der Waals surface area contributed by atoms with E-state index in [2.05, 4.69) is 5.32 Å². The molecule has 5 heteroatoms. The monoisotopic (exact) mass is 308 g/mol. The maximum absolute atomic E-state index is 12.1. The Kier molecular flexibility index (Phi) is 5.62. The molecule has 1 fully saturated rings. The Morgan fingerprint density at radius 1 is 1.33 bits per heavy atom. The lowest BCUT2D eigenvalue weighted by atomic mass is 10.1. The van der Waals surface area contributed by atoms with Crippen LogP contribution in [0.25, 0.3) is 0 Å². The van der Waals surface area contributed by atoms with Gasteiger partial charge >= 0.3 is 0 Å². The Hall–Kier alpha value is -1.55. The van der Waals surface area contributed by atoms with E-state index in [9.17, 15) is 9.59 Å². The van der Waals surface area contributed by atoms with Crippen LogP contribution in [0, 0.1) is 0 Å². The Balaban J connectivity index is 1.92. The van der Waals surface area contributed by atoms with E-state index in [1.807, 2.05) is 25.1 Å². The quantitative estimate of drug-likeness (QED) is 0.929. The molecule has 21 heavy (non-hydrogen) atoms. The van der Waals surface area contributed by atoms with Gasteiger partial charge < -0.3 is 10.2 Å². The molecule has 2 rings (SSSR count). The number of carbonyl (C=O) groups is 2. The number of halogens is 1. The number of benzene rings is 1. The second kappa shape index (κ2) is 7.46. The van der Waals surface area contributed by atoms with Crippen molar-refractivity contribution in [2.75, 3.05) is 13.1 Å². The van der Waals surface area contributed by atoms with Crippen molar-refractivity contribution in [3.05, 3.63) is 34.9 Å². The van der Waals surface area contributed by atoms with Crippen molar-refractivity contribution in [3.63, 3.8) is 0 Å². The number of likely N-dealkylation sites (tertiary alicyclic amines) is 1. The smallest absolute Gasteiger partial charge is 0.240 e. The third-order valence-corrected chi connectivity index (χ3v) is 4.10. The summed E-state index contributed by atoms with van der Waals surface area (Å²) in [6.45, 7) is 2.70. The molecule has 0 unspecified atom stereocenters. The number of rotatable bonds is 4. The predicted molar refractivity (Wildman–Crippen MR) is 83.1 cm³/mol. The minimum Gasteiger partial charge on any atom is -0.348 e. The van der Waals surface area contributed by atoms with Crippen molar-refractivity contribution in [1.82, 2.24) is 10.2 Å². The average Bonchev–Trinajstić information content (AvgIpc) is 2.64. The molecule has 1 aromatic carbocycles. The molecule has 0 aromatic heterocycles. The van der Waals surface area contributed by atoms with Crippen molar-refractivity contribution >= 4 is 23.4 Å². The Bertz CT molecular complexity index is 519. The van der Waals surface area contributed by atoms with Gasteiger partial charge in [0.1, 0.15) is 0 Å². The van der Waals surface area contributed by atoms with Gasteiger partial charge in [-0.15, -0.1) is 0 Å². The molecule has 1 aromatic rings. The van der Waals surface area contributed by atoms with Gasteiger partial charge in [-0.2, -0.15) is 0 Å². The fourth-order valence-corrected chi connectivity index (χ4v) is 2.87. The zero-order valence-corrected chi connectivity index (χ0v) is 13.0. The van der Waals surface area contributed by atoms with E-state index in [-0.39, 0.29) is 24.4 Å². The van der Waals surface area contributed by atoms with E-state index in [0.29, 0.717) is 18.0 Å². The lowest BCUT2D eigenvalue weighted by molar-refractivity contribution is -0.135. The normalized spacial score (nSPS) is 17.2. The van der Waals surface area contributed by atoms with Crippen molar-refractivity contribution in [1.29, 1.82) is 0 Å². The van der Waals surface area contributed by atoms with Crippen LogP contribution in [-0.2, 0) is 9.59 Å². The summed E-state index contributed by atoms with van der Waals surface area (Å²) >= 11 is 6.12. The van der Waals surface area contributed by atoms with E-state index >= 15 is 0 Å². The first kappa shape index (κ1) is 15.8. The average molecular weight is 309 g/mol. The summed E-state index contributed by atoms with van der Waals surface area (Å²) in [5, 5.41) is 3.54. The van der Waals surface area contributed by atoms with Crippen LogP contribution in [0.2, 0.25) is 5.02 Å². The zero-order valence-electron chi connectivity index (χ0n) is 12.3. The molecule has 114 valence electrons. The second-order valence-electron chi connectivity index (χ2n) is 5.44. The summed E-state index contributed by atoms with van der Waals surface area (Å²) in [5.41, 5.74) is 0.884. The fraction of sp³-hybridized carbons (Fsp3) is 0.500. The third-order valence-electron chi connectivity index (χ3n) is 3.76. The standard InChI is InChI=1S/C16H21ClN2O2/c1-12(13-7-4-5-8-14(13)17)18-15(20)11-19-10-6-2-3-9-16(19)21/h4-5,7-8,12H,2-3,6,9-11H2,1H3,(H,18,20)/t12-/m1/s1. The minimum absolute atomic E-state index is 0.0769. The molecule has 2 amide bonds. The van der Waals surface area contributed by atoms with Crippen LogP contribution in [0.3, 0.4) is 0 Å². The number of hydrogen-bond acceptors (Lipinski definition) is 2. The lowest BCUT2D eigenvalue weighted by Crippen LogP contribution is -2.41. The number of carbonyl (C=O) groups excluding carboxylic acids is 2. The highest BCUT2D eigenvalue weighted by atomic mass is 35.5. The summed E-state index contributed by atoms with van der Waals surface area (Å²) in [6.07, 6.45) is 3.50. The number of amides is 2. The number of hydrogen-bond donors (Lipinski definition) is 1. The highest BCUT2D eigenvalue weighted by molar-refractivity contribution is 6.31. The van der Waals surface area contributed by atoms with Gasteiger partial charge in [0.15, 0.2) is 0 Å². The summed E-state index contributed by atoms with van der Waals surface area (Å²) in [6, 6.07) is 7.27. The Morgan fingerprint density at radius 3 is 2.86 bits per heavy atom. The maximum Gasteiger partial charge on any atom is 0.240 e. The van der Waals surface area contributed by atoms with Gasteiger partial charge in [0.2, 0.25) is 11.8 Å². The highest BCUT2D eigenvalue weighted by Gasteiger charge is 2.20. The molecule has 0 radical (unpaired) electrons. The zero-order chi connectivity index (χ0) is 15.2. The molecule has 1 aliphatic rings. The molecule has 1 atom stereocenters. The molecule has 1 saturated heterocycles. The van der Waals surface area contributed by atoms with Crippen molar-refractivity contribution < 1.29 is 9.59 Å². The molecule has 0 saturated carbocycles. The van der Waals surface area contributed by atoms with Gasteiger partial charge in [-0.25, -0.2) is 0 Å². The van der Waals surface area contributed by atoms with E-state index in [1.54, 1.807) is 11.0 Å². The van der Waals surface area contributed by atoms with Crippen LogP contribution in [0.4, 0.5) is 0 Å². The lowest BCUT2D eigenvalue weighted by Gasteiger charge is -2.22. The van der Waals surface area contributed by atoms with Crippen LogP contribution in [0.1, 0.15) is 44.2 Å². The molecule has 0 aliphatic carbocycles. The first-order valence-electron chi connectivity index (χ1n) is 7.39. The molecule has 1 N–H and O–H groups in total. The van der Waals surface area contributed by atoms with E-state index in [4.69, 9.17) is 11.6 Å². The Morgan fingerprint density at radius 2 is 2.10 bits per heavy atom. The predicted octanol–water partition coefficient (Wildman–Crippen LogP) is 2.92. The molecule has 1 heterocycles. The van der Waals surface area contributed by atoms with Crippen molar-refractivity contribution in [2.24, 2.45) is 0 Å². The molecule has 1 aliphatic heterocycles. The first-order chi connectivity index (χ1) is 10.1. The second-order valence-corrected chi connectivity index (χ2v) is 5.84. The summed E-state index contributed by atoms with van der Waals surface area (Å²) in [7, 11) is 0. The summed E-state index contributed by atoms with van der Waals surface area (Å²) in [5.74, 6) is -0.0642. The molecular formula is C16H21ClN2O2. The van der Waals surface area contributed by atoms with Crippen LogP contribution in [0.15, 0.2) is 24.3 Å². The minimum atomic E-state index is -0.173. The largest absolute Gasteiger partial charge is 0.348 e. The molecule has 0 bridgehead atoms. The van der Waals surface area contributed by atoms with Crippen molar-refractivity contribution in [3.8, 4) is 0 Å². The molecular weight excluding hydrogens is 288 g/mol. The van der Waals surface area contributed by atoms with Gasteiger partial charge in [0.25, 0.3) is 0 Å². The van der Waals surface area contributed by atoms with Gasteiger partial charge in [0, 0.05) is 18.0 Å². The molecule has 0 spiro atoms. The summed E-state index contributed by atoms with van der Waals surface area (Å²) < 4.78 is 0. The maximum atomic E-state index is 12.1. The van der Waals surface area contributed by atoms with Gasteiger partial charge in [-0.1, -0.05) is 36.2 Å². The topological polar surface area (TPSA) is 49.4 Å². The van der Waals surface area contributed by atoms with Crippen LogP contribution in [-0.4, -0.2) is 29.8 Å². The Labute approximate surface area is 130 Å². The first-order valence-corrected chi connectivity index (χ1v) is 7.77. The van der Waals surface area contributed by atoms with E-state index in [1.165, 1.54) is 0 Å². The SMILES string of the molecule is C[C@@H](NC(=O)CN1CCCCCC1=O)c1ccccc1Cl. The van der Waals surface area contributed by atoms with Gasteiger partial charge in [-0.05, 0) is 31.4 Å². The van der Waals surface area contributed by atoms with E-state index < -0.39 is 0 Å². The van der Waals surface area contributed by atoms with Crippen LogP contribution in [0.5, 0.6) is 0 Å². The third kappa shape index (κ3) is 4.46. The fourth-order valence-electron chi connectivity index (χ4n) is 2.57. The van der Waals surface area contributed by atoms with Crippen LogP contribution >= 0.6 is 11.6 Å². The van der Waals surface area contributed by atoms with Gasteiger partial charge in [0.05, 0.1) is 12.6 Å². The number of nitrogens with zero attached hydrogens (tertiary/aromatic N) is 1.